The van der Waals surface area contributed by atoms with Crippen molar-refractivity contribution in [3.05, 3.63) is 38.5 Å². The van der Waals surface area contributed by atoms with Gasteiger partial charge in [0.15, 0.2) is 0 Å². The minimum Gasteiger partial charge on any atom is -0.378 e. The van der Waals surface area contributed by atoms with E-state index in [-0.39, 0.29) is 5.56 Å². The molecule has 0 saturated carbocycles. The maximum Gasteiger partial charge on any atom is 0.282 e. The lowest BCUT2D eigenvalue weighted by atomic mass is 10.2. The standard InChI is InChI=1S/C11H14BrN5O/c1-7-8(5-14-16(7)2)4-13-9-6-15-17(3)11(18)10(9)12/h5-6,13H,4H2,1-3H3. The summed E-state index contributed by atoms with van der Waals surface area (Å²) >= 11 is 3.27. The molecule has 2 rings (SSSR count). The van der Waals surface area contributed by atoms with Gasteiger partial charge >= 0.3 is 0 Å². The van der Waals surface area contributed by atoms with E-state index in [2.05, 4.69) is 31.4 Å². The summed E-state index contributed by atoms with van der Waals surface area (Å²) in [6.45, 7) is 2.61. The minimum absolute atomic E-state index is 0.164. The van der Waals surface area contributed by atoms with Crippen molar-refractivity contribution in [3.8, 4) is 0 Å². The van der Waals surface area contributed by atoms with E-state index in [1.54, 1.807) is 13.2 Å². The van der Waals surface area contributed by atoms with Crippen molar-refractivity contribution in [1.29, 1.82) is 0 Å². The van der Waals surface area contributed by atoms with Crippen molar-refractivity contribution in [2.45, 2.75) is 13.5 Å². The highest BCUT2D eigenvalue weighted by molar-refractivity contribution is 9.10. The Morgan fingerprint density at radius 2 is 1.94 bits per heavy atom. The topological polar surface area (TPSA) is 64.7 Å². The molecule has 6 nitrogen and oxygen atoms in total. The van der Waals surface area contributed by atoms with Crippen LogP contribution in [-0.4, -0.2) is 19.6 Å². The number of halogens is 1. The lowest BCUT2D eigenvalue weighted by molar-refractivity contribution is 0.703. The summed E-state index contributed by atoms with van der Waals surface area (Å²) in [6, 6.07) is 0. The Bertz CT molecular complexity index is 631. The van der Waals surface area contributed by atoms with Gasteiger partial charge in [0.1, 0.15) is 4.47 Å². The second-order valence-electron chi connectivity index (χ2n) is 4.03. The van der Waals surface area contributed by atoms with Crippen LogP contribution in [0.3, 0.4) is 0 Å². The number of rotatable bonds is 3. The van der Waals surface area contributed by atoms with Gasteiger partial charge in [0.05, 0.1) is 18.1 Å². The molecule has 0 aromatic carbocycles. The first kappa shape index (κ1) is 12.8. The fourth-order valence-electron chi connectivity index (χ4n) is 1.54. The van der Waals surface area contributed by atoms with E-state index in [1.165, 1.54) is 4.68 Å². The van der Waals surface area contributed by atoms with E-state index < -0.39 is 0 Å². The van der Waals surface area contributed by atoms with Crippen LogP contribution in [0, 0.1) is 6.92 Å². The molecule has 0 aliphatic rings. The normalized spacial score (nSPS) is 10.7. The lowest BCUT2D eigenvalue weighted by Gasteiger charge is -2.08. The van der Waals surface area contributed by atoms with Gasteiger partial charge in [-0.2, -0.15) is 10.2 Å². The summed E-state index contributed by atoms with van der Waals surface area (Å²) < 4.78 is 3.58. The van der Waals surface area contributed by atoms with E-state index >= 15 is 0 Å². The van der Waals surface area contributed by atoms with Crippen LogP contribution in [0.2, 0.25) is 0 Å². The van der Waals surface area contributed by atoms with Gasteiger partial charge in [-0.3, -0.25) is 9.48 Å². The fourth-order valence-corrected chi connectivity index (χ4v) is 2.04. The van der Waals surface area contributed by atoms with Crippen LogP contribution < -0.4 is 10.9 Å². The van der Waals surface area contributed by atoms with Crippen LogP contribution in [0.4, 0.5) is 5.69 Å². The van der Waals surface area contributed by atoms with Crippen LogP contribution in [0.5, 0.6) is 0 Å². The van der Waals surface area contributed by atoms with Crippen molar-refractivity contribution in [2.24, 2.45) is 14.1 Å². The van der Waals surface area contributed by atoms with Gasteiger partial charge in [0.2, 0.25) is 0 Å². The maximum absolute atomic E-state index is 11.7. The predicted octanol–water partition coefficient (Wildman–Crippen LogP) is 1.20. The monoisotopic (exact) mass is 311 g/mol. The Kier molecular flexibility index (Phi) is 3.51. The van der Waals surface area contributed by atoms with Crippen molar-refractivity contribution < 1.29 is 0 Å². The Morgan fingerprint density at radius 3 is 2.56 bits per heavy atom. The van der Waals surface area contributed by atoms with Gasteiger partial charge in [-0.1, -0.05) is 0 Å². The molecule has 0 spiro atoms. The van der Waals surface area contributed by atoms with E-state index in [0.717, 1.165) is 11.3 Å². The van der Waals surface area contributed by atoms with Gasteiger partial charge in [-0.25, -0.2) is 4.68 Å². The molecule has 7 heteroatoms. The molecule has 0 fully saturated rings. The maximum atomic E-state index is 11.7. The predicted molar refractivity (Wildman–Crippen MR) is 72.4 cm³/mol. The third-order valence-corrected chi connectivity index (χ3v) is 3.65. The molecular formula is C11H14BrN5O. The molecule has 0 radical (unpaired) electrons. The Morgan fingerprint density at radius 1 is 1.28 bits per heavy atom. The first-order valence-corrected chi connectivity index (χ1v) is 6.23. The SMILES string of the molecule is Cc1c(CNc2cnn(C)c(=O)c2Br)cnn1C. The first-order valence-electron chi connectivity index (χ1n) is 5.44. The van der Waals surface area contributed by atoms with Gasteiger partial charge in [0, 0.05) is 31.9 Å². The van der Waals surface area contributed by atoms with Crippen LogP contribution in [0.1, 0.15) is 11.3 Å². The van der Waals surface area contributed by atoms with E-state index in [9.17, 15) is 4.79 Å². The molecule has 0 aliphatic heterocycles. The molecule has 2 aromatic heterocycles. The van der Waals surface area contributed by atoms with Gasteiger partial charge in [-0.15, -0.1) is 0 Å². The summed E-state index contributed by atoms with van der Waals surface area (Å²) in [4.78, 5) is 11.7. The molecular weight excluding hydrogens is 298 g/mol. The second-order valence-corrected chi connectivity index (χ2v) is 4.83. The smallest absolute Gasteiger partial charge is 0.282 e. The largest absolute Gasteiger partial charge is 0.378 e. The van der Waals surface area contributed by atoms with Crippen LogP contribution in [0.15, 0.2) is 21.7 Å². The summed E-state index contributed by atoms with van der Waals surface area (Å²) in [7, 11) is 3.51. The molecule has 2 aromatic rings. The van der Waals surface area contributed by atoms with Gasteiger partial charge in [-0.05, 0) is 22.9 Å². The highest BCUT2D eigenvalue weighted by Crippen LogP contribution is 2.17. The summed E-state index contributed by atoms with van der Waals surface area (Å²) in [5.41, 5.74) is 2.70. The van der Waals surface area contributed by atoms with Crippen molar-refractivity contribution in [1.82, 2.24) is 19.6 Å². The summed E-state index contributed by atoms with van der Waals surface area (Å²) in [5, 5.41) is 11.3. The average Bonchev–Trinajstić information content (AvgIpc) is 2.67. The molecule has 0 amide bonds. The highest BCUT2D eigenvalue weighted by Gasteiger charge is 2.08. The Labute approximate surface area is 113 Å². The quantitative estimate of drug-likeness (QED) is 0.925. The highest BCUT2D eigenvalue weighted by atomic mass is 79.9. The Balaban J connectivity index is 2.19. The van der Waals surface area contributed by atoms with Crippen molar-refractivity contribution >= 4 is 21.6 Å². The number of hydrogen-bond donors (Lipinski definition) is 1. The number of nitrogens with one attached hydrogen (secondary N) is 1. The van der Waals surface area contributed by atoms with Crippen LogP contribution >= 0.6 is 15.9 Å². The summed E-state index contributed by atoms with van der Waals surface area (Å²) in [6.07, 6.45) is 3.43. The zero-order valence-corrected chi connectivity index (χ0v) is 12.0. The third-order valence-electron chi connectivity index (χ3n) is 2.88. The molecule has 18 heavy (non-hydrogen) atoms. The minimum atomic E-state index is -0.164. The van der Waals surface area contributed by atoms with E-state index in [1.807, 2.05) is 24.9 Å². The molecule has 2 heterocycles. The summed E-state index contributed by atoms with van der Waals surface area (Å²) in [5.74, 6) is 0. The third kappa shape index (κ3) is 2.31. The zero-order valence-electron chi connectivity index (χ0n) is 10.4. The Hall–Kier alpha value is -1.63. The van der Waals surface area contributed by atoms with Crippen molar-refractivity contribution in [2.75, 3.05) is 5.32 Å². The van der Waals surface area contributed by atoms with E-state index in [0.29, 0.717) is 16.7 Å². The number of aryl methyl sites for hydroxylation is 2. The molecule has 0 saturated heterocycles. The molecule has 1 N–H and O–H groups in total. The van der Waals surface area contributed by atoms with E-state index in [4.69, 9.17) is 0 Å². The molecule has 96 valence electrons. The number of anilines is 1. The number of nitrogens with zero attached hydrogens (tertiary/aromatic N) is 4. The molecule has 0 bridgehead atoms. The molecule has 0 atom stereocenters. The average molecular weight is 312 g/mol. The lowest BCUT2D eigenvalue weighted by Crippen LogP contribution is -2.21. The number of hydrogen-bond acceptors (Lipinski definition) is 4. The first-order chi connectivity index (χ1) is 8.50. The fraction of sp³-hybridized carbons (Fsp3) is 0.364. The van der Waals surface area contributed by atoms with Crippen LogP contribution in [0.25, 0.3) is 0 Å². The van der Waals surface area contributed by atoms with Gasteiger partial charge in [0.25, 0.3) is 5.56 Å². The molecule has 0 unspecified atom stereocenters. The second kappa shape index (κ2) is 4.93. The number of aromatic nitrogens is 4. The molecule has 0 aliphatic carbocycles. The zero-order chi connectivity index (χ0) is 13.3. The van der Waals surface area contributed by atoms with Crippen molar-refractivity contribution in [3.63, 3.8) is 0 Å². The van der Waals surface area contributed by atoms with Crippen LogP contribution in [-0.2, 0) is 20.6 Å². The van der Waals surface area contributed by atoms with Gasteiger partial charge < -0.3 is 5.32 Å².